The van der Waals surface area contributed by atoms with Crippen molar-refractivity contribution < 1.29 is 9.90 Å². The molecule has 0 aliphatic carbocycles. The van der Waals surface area contributed by atoms with Gasteiger partial charge in [-0.1, -0.05) is 48.7 Å². The molecule has 0 bridgehead atoms. The van der Waals surface area contributed by atoms with Crippen LogP contribution in [0.2, 0.25) is 5.02 Å². The summed E-state index contributed by atoms with van der Waals surface area (Å²) in [5.41, 5.74) is 3.10. The lowest BCUT2D eigenvalue weighted by Gasteiger charge is -2.06. The number of anilines is 1. The lowest BCUT2D eigenvalue weighted by atomic mass is 10.0. The van der Waals surface area contributed by atoms with Gasteiger partial charge in [-0.25, -0.2) is 0 Å². The summed E-state index contributed by atoms with van der Waals surface area (Å²) >= 11 is 5.90. The van der Waals surface area contributed by atoms with Crippen molar-refractivity contribution in [2.45, 2.75) is 39.0 Å². The summed E-state index contributed by atoms with van der Waals surface area (Å²) in [6, 6.07) is 15.5. The molecule has 1 atom stereocenters. The van der Waals surface area contributed by atoms with E-state index in [1.165, 1.54) is 5.56 Å². The summed E-state index contributed by atoms with van der Waals surface area (Å²) in [5, 5.41) is 12.9. The van der Waals surface area contributed by atoms with Crippen molar-refractivity contribution in [3.8, 4) is 11.8 Å². The van der Waals surface area contributed by atoms with Gasteiger partial charge in [0, 0.05) is 29.6 Å². The van der Waals surface area contributed by atoms with Crippen LogP contribution in [0.15, 0.2) is 48.5 Å². The van der Waals surface area contributed by atoms with Gasteiger partial charge in [0.05, 0.1) is 6.42 Å². The first-order valence-corrected chi connectivity index (χ1v) is 9.68. The van der Waals surface area contributed by atoms with Crippen LogP contribution in [0.4, 0.5) is 5.69 Å². The molecule has 0 amide bonds. The Morgan fingerprint density at radius 3 is 2.41 bits per heavy atom. The van der Waals surface area contributed by atoms with Gasteiger partial charge in [-0.2, -0.15) is 0 Å². The van der Waals surface area contributed by atoms with Crippen molar-refractivity contribution in [1.82, 2.24) is 0 Å². The number of carboxylic acid groups (broad SMARTS) is 1. The second-order valence-corrected chi connectivity index (χ2v) is 7.14. The number of hydrogen-bond donors (Lipinski definition) is 2. The molecule has 0 saturated carbocycles. The van der Waals surface area contributed by atoms with Crippen LogP contribution in [0.1, 0.15) is 37.3 Å². The van der Waals surface area contributed by atoms with E-state index in [2.05, 4.69) is 36.2 Å². The van der Waals surface area contributed by atoms with Gasteiger partial charge in [-0.3, -0.25) is 4.79 Å². The molecule has 0 aromatic heterocycles. The van der Waals surface area contributed by atoms with Gasteiger partial charge in [0.2, 0.25) is 0 Å². The highest BCUT2D eigenvalue weighted by Crippen LogP contribution is 2.13. The van der Waals surface area contributed by atoms with E-state index in [0.717, 1.165) is 48.5 Å². The summed E-state index contributed by atoms with van der Waals surface area (Å²) in [7, 11) is 0. The maximum absolute atomic E-state index is 10.7. The predicted octanol–water partition coefficient (Wildman–Crippen LogP) is 5.43. The van der Waals surface area contributed by atoms with E-state index in [0.29, 0.717) is 5.92 Å². The third kappa shape index (κ3) is 8.66. The van der Waals surface area contributed by atoms with Crippen LogP contribution in [0.25, 0.3) is 0 Å². The van der Waals surface area contributed by atoms with Gasteiger partial charge in [-0.05, 0) is 54.7 Å². The van der Waals surface area contributed by atoms with Crippen molar-refractivity contribution in [2.75, 3.05) is 11.9 Å². The van der Waals surface area contributed by atoms with E-state index in [1.54, 1.807) is 0 Å². The first kappa shape index (κ1) is 20.9. The SMILES string of the molecule is CC(C#CCCCCNc1ccc(CC(=O)O)cc1)Cc1ccc(Cl)cc1. The van der Waals surface area contributed by atoms with E-state index in [1.807, 2.05) is 36.4 Å². The zero-order valence-corrected chi connectivity index (χ0v) is 16.4. The predicted molar refractivity (Wildman–Crippen MR) is 112 cm³/mol. The molecule has 0 fully saturated rings. The number of aliphatic carboxylic acids is 1. The van der Waals surface area contributed by atoms with Gasteiger partial charge < -0.3 is 10.4 Å². The maximum Gasteiger partial charge on any atom is 0.307 e. The Bertz CT molecular complexity index is 773. The van der Waals surface area contributed by atoms with Gasteiger partial charge in [0.15, 0.2) is 0 Å². The van der Waals surface area contributed by atoms with Crippen LogP contribution < -0.4 is 5.32 Å². The lowest BCUT2D eigenvalue weighted by Crippen LogP contribution is -2.03. The molecule has 2 N–H and O–H groups in total. The molecular weight excluding hydrogens is 358 g/mol. The van der Waals surface area contributed by atoms with E-state index in [4.69, 9.17) is 16.7 Å². The lowest BCUT2D eigenvalue weighted by molar-refractivity contribution is -0.136. The molecule has 2 aromatic carbocycles. The average Bonchev–Trinajstić information content (AvgIpc) is 2.64. The molecule has 142 valence electrons. The number of hydrogen-bond acceptors (Lipinski definition) is 2. The Labute approximate surface area is 166 Å². The number of rotatable bonds is 9. The molecule has 0 radical (unpaired) electrons. The van der Waals surface area contributed by atoms with Crippen molar-refractivity contribution in [3.05, 3.63) is 64.7 Å². The first-order chi connectivity index (χ1) is 13.0. The molecule has 1 unspecified atom stereocenters. The Morgan fingerprint density at radius 2 is 1.74 bits per heavy atom. The van der Waals surface area contributed by atoms with Crippen LogP contribution in [-0.4, -0.2) is 17.6 Å². The molecule has 0 heterocycles. The highest BCUT2D eigenvalue weighted by molar-refractivity contribution is 6.30. The molecule has 2 rings (SSSR count). The summed E-state index contributed by atoms with van der Waals surface area (Å²) in [5.74, 6) is 6.14. The normalized spacial score (nSPS) is 11.3. The topological polar surface area (TPSA) is 49.3 Å². The number of nitrogens with one attached hydrogen (secondary N) is 1. The Hall–Kier alpha value is -2.44. The molecule has 2 aromatic rings. The third-order valence-corrected chi connectivity index (χ3v) is 4.42. The number of halogens is 1. The van der Waals surface area contributed by atoms with Crippen molar-refractivity contribution in [3.63, 3.8) is 0 Å². The van der Waals surface area contributed by atoms with E-state index < -0.39 is 5.97 Å². The summed E-state index contributed by atoms with van der Waals surface area (Å²) in [6.45, 7) is 3.04. The Morgan fingerprint density at radius 1 is 1.07 bits per heavy atom. The number of benzene rings is 2. The van der Waals surface area contributed by atoms with Crippen LogP contribution in [0.5, 0.6) is 0 Å². The van der Waals surface area contributed by atoms with E-state index in [-0.39, 0.29) is 6.42 Å². The molecule has 0 spiro atoms. The van der Waals surface area contributed by atoms with E-state index >= 15 is 0 Å². The Balaban J connectivity index is 1.60. The van der Waals surface area contributed by atoms with E-state index in [9.17, 15) is 4.79 Å². The zero-order chi connectivity index (χ0) is 19.5. The minimum absolute atomic E-state index is 0.0649. The first-order valence-electron chi connectivity index (χ1n) is 9.30. The molecule has 27 heavy (non-hydrogen) atoms. The standard InChI is InChI=1S/C23H26ClNO2/c1-18(16-19-7-11-21(24)12-8-19)6-4-2-3-5-15-25-22-13-9-20(10-14-22)17-23(26)27/h7-14,18,25H,2-3,5,15-17H2,1H3,(H,26,27). The fraction of sp³-hybridized carbons (Fsp3) is 0.348. The summed E-state index contributed by atoms with van der Waals surface area (Å²) in [4.78, 5) is 10.7. The smallest absolute Gasteiger partial charge is 0.307 e. The molecule has 0 saturated heterocycles. The quantitative estimate of drug-likeness (QED) is 0.448. The highest BCUT2D eigenvalue weighted by Gasteiger charge is 2.01. The summed E-state index contributed by atoms with van der Waals surface area (Å²) in [6.07, 6.45) is 4.03. The molecule has 4 heteroatoms. The molecule has 0 aliphatic rings. The fourth-order valence-corrected chi connectivity index (χ4v) is 2.88. The second kappa shape index (κ2) is 11.3. The van der Waals surface area contributed by atoms with Gasteiger partial charge in [0.25, 0.3) is 0 Å². The second-order valence-electron chi connectivity index (χ2n) is 6.70. The maximum atomic E-state index is 10.7. The monoisotopic (exact) mass is 383 g/mol. The van der Waals surface area contributed by atoms with Crippen molar-refractivity contribution >= 4 is 23.3 Å². The van der Waals surface area contributed by atoms with Crippen molar-refractivity contribution in [1.29, 1.82) is 0 Å². The van der Waals surface area contributed by atoms with Gasteiger partial charge >= 0.3 is 5.97 Å². The molecule has 0 aliphatic heterocycles. The largest absolute Gasteiger partial charge is 0.481 e. The highest BCUT2D eigenvalue weighted by atomic mass is 35.5. The molecular formula is C23H26ClNO2. The average molecular weight is 384 g/mol. The van der Waals surface area contributed by atoms with Crippen LogP contribution in [0, 0.1) is 17.8 Å². The van der Waals surface area contributed by atoms with Crippen LogP contribution in [0.3, 0.4) is 0 Å². The third-order valence-electron chi connectivity index (χ3n) is 4.17. The number of carbonyl (C=O) groups is 1. The summed E-state index contributed by atoms with van der Waals surface area (Å²) < 4.78 is 0. The van der Waals surface area contributed by atoms with Crippen LogP contribution >= 0.6 is 11.6 Å². The van der Waals surface area contributed by atoms with Crippen LogP contribution in [-0.2, 0) is 17.6 Å². The van der Waals surface area contributed by atoms with Crippen molar-refractivity contribution in [2.24, 2.45) is 5.92 Å². The molecule has 3 nitrogen and oxygen atoms in total. The minimum Gasteiger partial charge on any atom is -0.481 e. The minimum atomic E-state index is -0.806. The number of carboxylic acids is 1. The van der Waals surface area contributed by atoms with Gasteiger partial charge in [-0.15, -0.1) is 5.92 Å². The Kier molecular flexibility index (Phi) is 8.74. The fourth-order valence-electron chi connectivity index (χ4n) is 2.76. The number of unbranched alkanes of at least 4 members (excludes halogenated alkanes) is 2. The zero-order valence-electron chi connectivity index (χ0n) is 15.7. The van der Waals surface area contributed by atoms with Gasteiger partial charge in [0.1, 0.15) is 0 Å².